The molecule has 0 bridgehead atoms. The number of aliphatic hydroxyl groups excluding tert-OH is 1. The summed E-state index contributed by atoms with van der Waals surface area (Å²) in [5.41, 5.74) is 0.912. The highest BCUT2D eigenvalue weighted by molar-refractivity contribution is 6.09. The Morgan fingerprint density at radius 3 is 2.42 bits per heavy atom. The molecule has 0 saturated heterocycles. The minimum Gasteiger partial charge on any atom is -0.503 e. The molecule has 2 rings (SSSR count). The average molecular weight is 361 g/mol. The monoisotopic (exact) mass is 361 g/mol. The molecule has 1 atom stereocenters. The van der Waals surface area contributed by atoms with E-state index in [1.54, 1.807) is 21.0 Å². The van der Waals surface area contributed by atoms with Gasteiger partial charge in [0.25, 0.3) is 5.91 Å². The molecule has 6 heteroatoms. The van der Waals surface area contributed by atoms with Crippen LogP contribution in [-0.4, -0.2) is 48.6 Å². The molecule has 0 spiro atoms. The van der Waals surface area contributed by atoms with Gasteiger partial charge in [0.2, 0.25) is 0 Å². The second-order valence-corrected chi connectivity index (χ2v) is 6.59. The molecule has 0 aliphatic carbocycles. The predicted molar refractivity (Wildman–Crippen MR) is 98.1 cm³/mol. The van der Waals surface area contributed by atoms with E-state index in [1.807, 2.05) is 31.2 Å². The van der Waals surface area contributed by atoms with Gasteiger partial charge in [-0.1, -0.05) is 32.9 Å². The maximum Gasteiger partial charge on any atom is 0.290 e. The van der Waals surface area contributed by atoms with Crippen molar-refractivity contribution in [3.05, 3.63) is 41.2 Å². The van der Waals surface area contributed by atoms with Gasteiger partial charge in [-0.3, -0.25) is 9.59 Å². The van der Waals surface area contributed by atoms with Crippen molar-refractivity contribution in [3.63, 3.8) is 0 Å². The zero-order chi connectivity index (χ0) is 19.3. The van der Waals surface area contributed by atoms with Gasteiger partial charge in [-0.25, -0.2) is 0 Å². The van der Waals surface area contributed by atoms with Crippen LogP contribution in [0.15, 0.2) is 35.6 Å². The van der Waals surface area contributed by atoms with Crippen LogP contribution in [0.1, 0.15) is 38.8 Å². The summed E-state index contributed by atoms with van der Waals surface area (Å²) >= 11 is 0. The SMILES string of the molecule is CCCOc1ccc(C2C(C(=O)C(C)C)=C(O)C(=O)N2CCOC)cc1. The Labute approximate surface area is 154 Å². The Kier molecular flexibility index (Phi) is 6.80. The van der Waals surface area contributed by atoms with Gasteiger partial charge < -0.3 is 19.5 Å². The highest BCUT2D eigenvalue weighted by Gasteiger charge is 2.43. The number of ketones is 1. The average Bonchev–Trinajstić information content (AvgIpc) is 2.88. The van der Waals surface area contributed by atoms with Crippen LogP contribution in [-0.2, 0) is 14.3 Å². The number of carbonyl (C=O) groups excluding carboxylic acids is 2. The number of amides is 1. The van der Waals surface area contributed by atoms with Gasteiger partial charge in [0.05, 0.1) is 24.8 Å². The van der Waals surface area contributed by atoms with Crippen molar-refractivity contribution >= 4 is 11.7 Å². The van der Waals surface area contributed by atoms with Crippen LogP contribution in [0.3, 0.4) is 0 Å². The van der Waals surface area contributed by atoms with Crippen LogP contribution in [0.5, 0.6) is 5.75 Å². The quantitative estimate of drug-likeness (QED) is 0.732. The van der Waals surface area contributed by atoms with E-state index in [2.05, 4.69) is 0 Å². The highest BCUT2D eigenvalue weighted by atomic mass is 16.5. The summed E-state index contributed by atoms with van der Waals surface area (Å²) in [7, 11) is 1.54. The van der Waals surface area contributed by atoms with Crippen molar-refractivity contribution < 1.29 is 24.2 Å². The van der Waals surface area contributed by atoms with Gasteiger partial charge in [-0.15, -0.1) is 0 Å². The number of Topliss-reactive ketones (excluding diaryl/α,β-unsaturated/α-hetero) is 1. The topological polar surface area (TPSA) is 76.1 Å². The lowest BCUT2D eigenvalue weighted by Gasteiger charge is -2.27. The summed E-state index contributed by atoms with van der Waals surface area (Å²) in [6, 6.07) is 6.67. The second-order valence-electron chi connectivity index (χ2n) is 6.59. The molecule has 26 heavy (non-hydrogen) atoms. The molecule has 0 radical (unpaired) electrons. The van der Waals surface area contributed by atoms with Crippen molar-refractivity contribution in [1.82, 2.24) is 4.90 Å². The van der Waals surface area contributed by atoms with Crippen LogP contribution >= 0.6 is 0 Å². The van der Waals surface area contributed by atoms with Crippen molar-refractivity contribution in [2.75, 3.05) is 26.9 Å². The summed E-state index contributed by atoms with van der Waals surface area (Å²) in [5.74, 6) is -0.823. The summed E-state index contributed by atoms with van der Waals surface area (Å²) in [6.45, 7) is 6.76. The minimum absolute atomic E-state index is 0.156. The van der Waals surface area contributed by atoms with Gasteiger partial charge in [0.15, 0.2) is 11.5 Å². The van der Waals surface area contributed by atoms with Crippen molar-refractivity contribution in [2.45, 2.75) is 33.2 Å². The molecule has 1 amide bonds. The van der Waals surface area contributed by atoms with Gasteiger partial charge in [0.1, 0.15) is 5.75 Å². The molecule has 0 aromatic heterocycles. The fraction of sp³-hybridized carbons (Fsp3) is 0.500. The molecule has 1 unspecified atom stereocenters. The summed E-state index contributed by atoms with van der Waals surface area (Å²) < 4.78 is 10.7. The number of hydrogen-bond acceptors (Lipinski definition) is 5. The van der Waals surface area contributed by atoms with Crippen molar-refractivity contribution in [1.29, 1.82) is 0 Å². The molecule has 1 heterocycles. The second kappa shape index (κ2) is 8.85. The van der Waals surface area contributed by atoms with Gasteiger partial charge in [-0.05, 0) is 24.1 Å². The van der Waals surface area contributed by atoms with E-state index in [1.165, 1.54) is 4.90 Å². The first-order valence-corrected chi connectivity index (χ1v) is 8.92. The largest absolute Gasteiger partial charge is 0.503 e. The number of benzene rings is 1. The number of ether oxygens (including phenoxy) is 2. The molecule has 0 saturated carbocycles. The lowest BCUT2D eigenvalue weighted by molar-refractivity contribution is -0.130. The third-order valence-corrected chi connectivity index (χ3v) is 4.30. The van der Waals surface area contributed by atoms with Crippen LogP contribution < -0.4 is 4.74 Å². The summed E-state index contributed by atoms with van der Waals surface area (Å²) in [4.78, 5) is 26.7. The maximum atomic E-state index is 12.7. The normalized spacial score (nSPS) is 17.3. The first-order valence-electron chi connectivity index (χ1n) is 8.92. The molecule has 6 nitrogen and oxygen atoms in total. The predicted octanol–water partition coefficient (Wildman–Crippen LogP) is 3.04. The van der Waals surface area contributed by atoms with E-state index >= 15 is 0 Å². The molecular formula is C20H27NO5. The fourth-order valence-corrected chi connectivity index (χ4v) is 2.95. The third-order valence-electron chi connectivity index (χ3n) is 4.30. The van der Waals surface area contributed by atoms with Gasteiger partial charge in [-0.2, -0.15) is 0 Å². The molecule has 1 aromatic carbocycles. The fourth-order valence-electron chi connectivity index (χ4n) is 2.95. The molecule has 1 N–H and O–H groups in total. The number of rotatable bonds is 9. The lowest BCUT2D eigenvalue weighted by atomic mass is 9.91. The molecule has 1 aliphatic rings. The summed E-state index contributed by atoms with van der Waals surface area (Å²) in [5, 5.41) is 10.4. The van der Waals surface area contributed by atoms with Crippen LogP contribution in [0.25, 0.3) is 0 Å². The zero-order valence-electron chi connectivity index (χ0n) is 15.8. The summed E-state index contributed by atoms with van der Waals surface area (Å²) in [6.07, 6.45) is 0.910. The third kappa shape index (κ3) is 4.07. The Morgan fingerprint density at radius 2 is 1.88 bits per heavy atom. The van der Waals surface area contributed by atoms with E-state index < -0.39 is 17.7 Å². The lowest BCUT2D eigenvalue weighted by Crippen LogP contribution is -2.34. The number of methoxy groups -OCH3 is 1. The molecular weight excluding hydrogens is 334 g/mol. The molecule has 1 aromatic rings. The van der Waals surface area contributed by atoms with Crippen LogP contribution in [0.4, 0.5) is 0 Å². The molecule has 1 aliphatic heterocycles. The number of carbonyl (C=O) groups is 2. The zero-order valence-corrected chi connectivity index (χ0v) is 15.8. The van der Waals surface area contributed by atoms with E-state index in [-0.39, 0.29) is 23.8 Å². The van der Waals surface area contributed by atoms with E-state index in [9.17, 15) is 14.7 Å². The van der Waals surface area contributed by atoms with Crippen molar-refractivity contribution in [3.8, 4) is 5.75 Å². The standard InChI is InChI=1S/C20H27NO5/c1-5-11-26-15-8-6-14(7-9-15)17-16(18(22)13(2)3)19(23)20(24)21(17)10-12-25-4/h6-9,13,17,23H,5,10-12H2,1-4H3. The van der Waals surface area contributed by atoms with E-state index in [4.69, 9.17) is 9.47 Å². The van der Waals surface area contributed by atoms with E-state index in [0.717, 1.165) is 17.7 Å². The smallest absolute Gasteiger partial charge is 0.290 e. The molecule has 142 valence electrons. The molecule has 0 fully saturated rings. The Balaban J connectivity index is 2.40. The highest BCUT2D eigenvalue weighted by Crippen LogP contribution is 2.39. The maximum absolute atomic E-state index is 12.7. The Bertz CT molecular complexity index is 678. The van der Waals surface area contributed by atoms with Gasteiger partial charge >= 0.3 is 0 Å². The number of hydrogen-bond donors (Lipinski definition) is 1. The number of aliphatic hydroxyl groups is 1. The Hall–Kier alpha value is -2.34. The van der Waals surface area contributed by atoms with Crippen molar-refractivity contribution in [2.24, 2.45) is 5.92 Å². The van der Waals surface area contributed by atoms with E-state index in [0.29, 0.717) is 13.2 Å². The number of nitrogens with zero attached hydrogens (tertiary/aromatic N) is 1. The Morgan fingerprint density at radius 1 is 1.23 bits per heavy atom. The van der Waals surface area contributed by atoms with Gasteiger partial charge in [0, 0.05) is 19.6 Å². The van der Waals surface area contributed by atoms with Crippen LogP contribution in [0.2, 0.25) is 0 Å². The first kappa shape index (κ1) is 20.0. The first-order chi connectivity index (χ1) is 12.4. The minimum atomic E-state index is -0.618. The van der Waals surface area contributed by atoms with Crippen LogP contribution in [0, 0.1) is 5.92 Å².